The fourth-order valence-corrected chi connectivity index (χ4v) is 13.8. The summed E-state index contributed by atoms with van der Waals surface area (Å²) in [5.41, 5.74) is 12.1. The largest absolute Gasteiger partial charge is 0.481 e. The number of hydrogen-bond donors (Lipinski definition) is 17. The molecule has 37 heteroatoms. The molecule has 35 nitrogen and oxygen atoms in total. The van der Waals surface area contributed by atoms with E-state index in [0.29, 0.717) is 36.8 Å². The molecule has 6 rings (SSSR count). The third kappa shape index (κ3) is 25.2. The van der Waals surface area contributed by atoms with E-state index in [4.69, 9.17) is 11.5 Å². The van der Waals surface area contributed by atoms with Crippen molar-refractivity contribution in [2.45, 2.75) is 215 Å². The lowest BCUT2D eigenvalue weighted by Crippen LogP contribution is -2.63. The van der Waals surface area contributed by atoms with Gasteiger partial charge < -0.3 is 99.6 Å². The van der Waals surface area contributed by atoms with Crippen molar-refractivity contribution in [3.8, 4) is 0 Å². The van der Waals surface area contributed by atoms with Gasteiger partial charge in [-0.3, -0.25) is 76.9 Å². The lowest BCUT2D eigenvalue weighted by molar-refractivity contribution is -0.149. The summed E-state index contributed by atoms with van der Waals surface area (Å²) >= 11 is 9.00. The molecule has 0 saturated carbocycles. The first-order chi connectivity index (χ1) is 51.6. The third-order valence-corrected chi connectivity index (χ3v) is 20.4. The van der Waals surface area contributed by atoms with E-state index in [-0.39, 0.29) is 89.4 Å². The number of amides is 14. The monoisotopic (exact) mass is 1560 g/mol. The van der Waals surface area contributed by atoms with Crippen molar-refractivity contribution < 1.29 is 87.2 Å². The molecule has 4 aliphatic heterocycles. The van der Waals surface area contributed by atoms with Crippen molar-refractivity contribution in [3.63, 3.8) is 0 Å². The van der Waals surface area contributed by atoms with Gasteiger partial charge in [-0.1, -0.05) is 101 Å². The Balaban J connectivity index is 1.37. The molecule has 0 unspecified atom stereocenters. The van der Waals surface area contributed by atoms with E-state index in [1.807, 2.05) is 0 Å². The number of carbonyl (C=O) groups is 15. The summed E-state index contributed by atoms with van der Waals surface area (Å²) in [6.45, 7) is 7.77. The summed E-state index contributed by atoms with van der Waals surface area (Å²) < 4.78 is -1.52. The van der Waals surface area contributed by atoms with Crippen molar-refractivity contribution in [2.75, 3.05) is 51.6 Å². The molecule has 0 bridgehead atoms. The van der Waals surface area contributed by atoms with Crippen LogP contribution in [0.5, 0.6) is 0 Å². The maximum absolute atomic E-state index is 14.9. The second-order valence-electron chi connectivity index (χ2n) is 28.6. The highest BCUT2D eigenvalue weighted by atomic mass is 32.1. The van der Waals surface area contributed by atoms with Crippen molar-refractivity contribution in [3.05, 3.63) is 71.8 Å². The predicted octanol–water partition coefficient (Wildman–Crippen LogP) is -3.64. The minimum absolute atomic E-state index is 0.00985. The molecule has 4 fully saturated rings. The smallest absolute Gasteiger partial charge is 0.305 e. The fourth-order valence-electron chi connectivity index (χ4n) is 13.3. The van der Waals surface area contributed by atoms with Gasteiger partial charge in [0.05, 0.1) is 32.2 Å². The SMILES string of the molecule is CC[C@H](C)[C@@H]1NC(=O)[C@@H]2CCCN2C(=O)[C@@H]2CCCN2C(=O)[C@H]([C@@H](C)CC)NC(=O)[C@H](CO)NC(=O)CN(Cc2ccccc2)C(=O)[C@H]([C@@H](C)O)NC(=O)[C@@H](C(C)(C)S)NC(=O)[C@H](CCCN=C(N)N)NC(=O)CNC(=O)[C@H](CC(=O)O)NC(=O)[C@@H]2CCCN2C(=O)[C@H](Cc2ccccc2)NC(=O)[C@H](CS)NC1=O. The summed E-state index contributed by atoms with van der Waals surface area (Å²) in [5, 5.41) is 57.5. The quantitative estimate of drug-likeness (QED) is 0.0296. The third-order valence-electron chi connectivity index (χ3n) is 19.8. The van der Waals surface area contributed by atoms with Crippen LogP contribution < -0.4 is 64.6 Å². The summed E-state index contributed by atoms with van der Waals surface area (Å²) in [6.07, 6.45) is -1.18. The molecule has 14 amide bonds. The Kier molecular flexibility index (Phi) is 33.9. The van der Waals surface area contributed by atoms with Crippen LogP contribution in [0, 0.1) is 11.8 Å². The van der Waals surface area contributed by atoms with Crippen LogP contribution in [0.2, 0.25) is 0 Å². The van der Waals surface area contributed by atoms with Crippen LogP contribution in [-0.2, 0) is 84.9 Å². The zero-order valence-corrected chi connectivity index (χ0v) is 64.3. The Bertz CT molecular complexity index is 3610. The number of carbonyl (C=O) groups excluding carboxylic acids is 14. The zero-order chi connectivity index (χ0) is 80.6. The van der Waals surface area contributed by atoms with Gasteiger partial charge in [-0.2, -0.15) is 25.3 Å². The van der Waals surface area contributed by atoms with Crippen LogP contribution in [0.1, 0.15) is 130 Å². The van der Waals surface area contributed by atoms with E-state index in [9.17, 15) is 87.2 Å². The summed E-state index contributed by atoms with van der Waals surface area (Å²) in [4.78, 5) is 224. The van der Waals surface area contributed by atoms with Gasteiger partial charge in [-0.05, 0) is 95.1 Å². The number of nitrogens with two attached hydrogens (primary N) is 2. The number of thiol groups is 2. The molecule has 0 radical (unpaired) electrons. The molecule has 2 aromatic carbocycles. The number of carboxylic acid groups (broad SMARTS) is 1. The average Bonchev–Trinajstić information content (AvgIpc) is 1.69. The highest BCUT2D eigenvalue weighted by molar-refractivity contribution is 7.81. The van der Waals surface area contributed by atoms with Gasteiger partial charge in [0.2, 0.25) is 82.7 Å². The number of aliphatic hydroxyl groups is 2. The molecule has 4 saturated heterocycles. The lowest BCUT2D eigenvalue weighted by Gasteiger charge is -2.35. The Labute approximate surface area is 644 Å². The molecule has 17 N–H and O–H groups in total. The normalized spacial score (nSPS) is 26.9. The Hall–Kier alpha value is -9.62. The molecule has 2 aromatic rings. The van der Waals surface area contributed by atoms with Gasteiger partial charge in [0.15, 0.2) is 5.96 Å². The van der Waals surface area contributed by atoms with E-state index >= 15 is 0 Å². The maximum atomic E-state index is 14.9. The van der Waals surface area contributed by atoms with E-state index in [0.717, 1.165) is 11.8 Å². The minimum Gasteiger partial charge on any atom is -0.481 e. The number of aliphatic imine (C=N–C) groups is 1. The van der Waals surface area contributed by atoms with Crippen molar-refractivity contribution in [1.82, 2.24) is 72.8 Å². The molecular formula is C72H107N17O18S2. The van der Waals surface area contributed by atoms with Crippen LogP contribution in [-0.4, -0.2) is 265 Å². The van der Waals surface area contributed by atoms with Gasteiger partial charge >= 0.3 is 5.97 Å². The maximum Gasteiger partial charge on any atom is 0.305 e. The standard InChI is InChI=1S/C72H107N17O18S2/c1-8-39(3)55-65(102)81-48(38-108)62(99)80-46(32-42-20-12-10-13-21-42)67(104)87-29-17-25-49(87)63(100)79-45(33-54(94)95)59(96)76-34-52(92)77-44(24-16-28-75-71(73)74)60(97)85-58(72(6,7)109)66(103)84-57(41(5)91)69(106)86(35-43-22-14-11-15-23-43)36-53(93)78-47(37-90)61(98)83-56(40(4)9-2)70(107)89-31-19-27-51(89)68(105)88-30-18-26-50(88)64(101)82-55/h10-15,20-23,39-41,44-51,55-58,90-91,108-109H,8-9,16-19,24-38H2,1-7H3,(H,76,96)(H,77,92)(H,78,93)(H,79,100)(H,80,99)(H,81,102)(H,82,101)(H,83,98)(H,84,103)(H,85,97)(H,94,95)(H4,73,74,75)/t39-,40-,41+,44-,45-,46-,47-,48-,49-,50-,51-,55-,56-,57-,58-/m0/s1. The summed E-state index contributed by atoms with van der Waals surface area (Å²) in [7, 11) is 0. The number of aliphatic carboxylic acids is 1. The van der Waals surface area contributed by atoms with Crippen molar-refractivity contribution >= 4 is 120 Å². The molecule has 0 aliphatic carbocycles. The van der Waals surface area contributed by atoms with Crippen LogP contribution in [0.15, 0.2) is 65.7 Å². The molecule has 4 heterocycles. The number of nitrogens with zero attached hydrogens (tertiary/aromatic N) is 5. The van der Waals surface area contributed by atoms with Crippen molar-refractivity contribution in [2.24, 2.45) is 28.3 Å². The van der Waals surface area contributed by atoms with Gasteiger partial charge in [0, 0.05) is 49.6 Å². The molecule has 4 aliphatic rings. The highest BCUT2D eigenvalue weighted by Crippen LogP contribution is 2.29. The minimum atomic E-state index is -1.88. The zero-order valence-electron chi connectivity index (χ0n) is 62.5. The highest BCUT2D eigenvalue weighted by Gasteiger charge is 2.47. The molecular weight excluding hydrogens is 1460 g/mol. The molecule has 15 atom stereocenters. The number of hydrogen-bond acceptors (Lipinski definition) is 20. The van der Waals surface area contributed by atoms with Crippen LogP contribution in [0.4, 0.5) is 0 Å². The van der Waals surface area contributed by atoms with Gasteiger partial charge in [-0.25, -0.2) is 0 Å². The fraction of sp³-hybridized carbons (Fsp3) is 0.611. The first-order valence-corrected chi connectivity index (χ1v) is 37.9. The first-order valence-electron chi connectivity index (χ1n) is 36.8. The van der Waals surface area contributed by atoms with Crippen LogP contribution >= 0.6 is 25.3 Å². The second-order valence-corrected chi connectivity index (χ2v) is 30.1. The van der Waals surface area contributed by atoms with Crippen molar-refractivity contribution in [1.29, 1.82) is 0 Å². The first kappa shape index (κ1) is 88.3. The number of nitrogens with one attached hydrogen (secondary N) is 10. The molecule has 109 heavy (non-hydrogen) atoms. The van der Waals surface area contributed by atoms with Gasteiger partial charge in [-0.15, -0.1) is 0 Å². The summed E-state index contributed by atoms with van der Waals surface area (Å²) in [5.74, 6) is -16.2. The number of guanidine groups is 1. The molecule has 0 spiro atoms. The van der Waals surface area contributed by atoms with Crippen LogP contribution in [0.25, 0.3) is 0 Å². The predicted molar refractivity (Wildman–Crippen MR) is 403 cm³/mol. The lowest BCUT2D eigenvalue weighted by atomic mass is 9.96. The second kappa shape index (κ2) is 41.8. The van der Waals surface area contributed by atoms with Crippen LogP contribution in [0.3, 0.4) is 0 Å². The molecule has 0 aromatic heterocycles. The Morgan fingerprint density at radius 2 is 1.06 bits per heavy atom. The summed E-state index contributed by atoms with van der Waals surface area (Å²) in [6, 6.07) is -1.21. The topological polar surface area (TPSA) is 514 Å². The van der Waals surface area contributed by atoms with E-state index in [1.54, 1.807) is 88.4 Å². The Morgan fingerprint density at radius 3 is 1.61 bits per heavy atom. The number of fused-ring (bicyclic) bond motifs is 3. The van der Waals surface area contributed by atoms with Gasteiger partial charge in [0.25, 0.3) is 0 Å². The number of aliphatic hydroxyl groups excluding tert-OH is 2. The number of benzene rings is 2. The van der Waals surface area contributed by atoms with E-state index in [1.165, 1.54) is 28.5 Å². The Morgan fingerprint density at radius 1 is 0.560 bits per heavy atom. The van der Waals surface area contributed by atoms with Gasteiger partial charge in [0.1, 0.15) is 72.5 Å². The van der Waals surface area contributed by atoms with E-state index in [2.05, 4.69) is 83.4 Å². The average molecular weight is 1560 g/mol. The number of carboxylic acids is 1. The number of rotatable bonds is 18. The van der Waals surface area contributed by atoms with E-state index < -0.39 is 210 Å². The molecule has 600 valence electrons.